The second-order valence-corrected chi connectivity index (χ2v) is 4.57. The number of hydrogen-bond donors (Lipinski definition) is 2. The van der Waals surface area contributed by atoms with Gasteiger partial charge in [-0.25, -0.2) is 0 Å². The fraction of sp³-hybridized carbons (Fsp3) is 0.286. The molecule has 2 rings (SSSR count). The lowest BCUT2D eigenvalue weighted by atomic mass is 10.1. The summed E-state index contributed by atoms with van der Waals surface area (Å²) in [5.41, 5.74) is 0.150. The molecule has 1 fully saturated rings. The van der Waals surface area contributed by atoms with E-state index in [0.717, 1.165) is 0 Å². The van der Waals surface area contributed by atoms with Crippen LogP contribution < -0.4 is 15.4 Å². The summed E-state index contributed by atoms with van der Waals surface area (Å²) in [6.07, 6.45) is 0.411. The third-order valence-corrected chi connectivity index (χ3v) is 2.93. The van der Waals surface area contributed by atoms with Gasteiger partial charge in [-0.05, 0) is 18.6 Å². The van der Waals surface area contributed by atoms with Crippen LogP contribution in [0.4, 0.5) is 0 Å². The molecule has 110 valence electrons. The zero-order valence-electron chi connectivity index (χ0n) is 11.3. The van der Waals surface area contributed by atoms with E-state index in [9.17, 15) is 19.2 Å². The summed E-state index contributed by atoms with van der Waals surface area (Å²) in [6.45, 7) is 1.23. The van der Waals surface area contributed by atoms with Crippen molar-refractivity contribution in [3.8, 4) is 5.75 Å². The molecule has 0 saturated carbocycles. The summed E-state index contributed by atoms with van der Waals surface area (Å²) in [7, 11) is 0. The van der Waals surface area contributed by atoms with Gasteiger partial charge in [0.1, 0.15) is 11.8 Å². The number of piperidine rings is 1. The zero-order valence-corrected chi connectivity index (χ0v) is 11.3. The molecule has 1 unspecified atom stereocenters. The monoisotopic (exact) mass is 290 g/mol. The number of imide groups is 1. The van der Waals surface area contributed by atoms with Crippen molar-refractivity contribution in [3.05, 3.63) is 29.8 Å². The SMILES string of the molecule is CC(=O)Oc1ccccc1C(=O)NC1CCC(=O)NC1=O. The van der Waals surface area contributed by atoms with Gasteiger partial charge in [-0.1, -0.05) is 12.1 Å². The minimum Gasteiger partial charge on any atom is -0.426 e. The summed E-state index contributed by atoms with van der Waals surface area (Å²) in [5.74, 6) is -1.86. The first-order valence-electron chi connectivity index (χ1n) is 6.39. The van der Waals surface area contributed by atoms with Crippen molar-refractivity contribution in [1.82, 2.24) is 10.6 Å². The first-order chi connectivity index (χ1) is 9.97. The van der Waals surface area contributed by atoms with Crippen molar-refractivity contribution >= 4 is 23.7 Å². The third kappa shape index (κ3) is 3.65. The maximum Gasteiger partial charge on any atom is 0.308 e. The van der Waals surface area contributed by atoms with Gasteiger partial charge < -0.3 is 10.1 Å². The van der Waals surface area contributed by atoms with Gasteiger partial charge in [0.15, 0.2) is 0 Å². The topological polar surface area (TPSA) is 102 Å². The lowest BCUT2D eigenvalue weighted by Gasteiger charge is -2.22. The van der Waals surface area contributed by atoms with Gasteiger partial charge in [-0.3, -0.25) is 24.5 Å². The number of rotatable bonds is 3. The van der Waals surface area contributed by atoms with Crippen molar-refractivity contribution in [2.24, 2.45) is 0 Å². The summed E-state index contributed by atoms with van der Waals surface area (Å²) in [4.78, 5) is 45.8. The predicted molar refractivity (Wildman–Crippen MR) is 71.4 cm³/mol. The van der Waals surface area contributed by atoms with E-state index in [0.29, 0.717) is 0 Å². The molecule has 1 aromatic carbocycles. The third-order valence-electron chi connectivity index (χ3n) is 2.93. The molecule has 7 nitrogen and oxygen atoms in total. The number of benzene rings is 1. The smallest absolute Gasteiger partial charge is 0.308 e. The molecule has 0 bridgehead atoms. The van der Waals surface area contributed by atoms with Crippen LogP contribution in [0.3, 0.4) is 0 Å². The molecular weight excluding hydrogens is 276 g/mol. The van der Waals surface area contributed by atoms with Crippen LogP contribution in [0.15, 0.2) is 24.3 Å². The number of para-hydroxylation sites is 1. The standard InChI is InChI=1S/C14H14N2O5/c1-8(17)21-11-5-3-2-4-9(11)13(19)15-10-6-7-12(18)16-14(10)20/h2-5,10H,6-7H2,1H3,(H,15,19)(H,16,18,20). The zero-order chi connectivity index (χ0) is 15.4. The highest BCUT2D eigenvalue weighted by Gasteiger charge is 2.28. The molecule has 0 aliphatic carbocycles. The maximum absolute atomic E-state index is 12.2. The van der Waals surface area contributed by atoms with E-state index in [4.69, 9.17) is 4.74 Å². The molecule has 1 saturated heterocycles. The van der Waals surface area contributed by atoms with Gasteiger partial charge in [0.2, 0.25) is 11.8 Å². The van der Waals surface area contributed by atoms with Crippen LogP contribution in [0, 0.1) is 0 Å². The highest BCUT2D eigenvalue weighted by molar-refractivity contribution is 6.04. The van der Waals surface area contributed by atoms with E-state index in [1.54, 1.807) is 12.1 Å². The number of carbonyl (C=O) groups is 4. The van der Waals surface area contributed by atoms with Crippen LogP contribution in [0.25, 0.3) is 0 Å². The Balaban J connectivity index is 2.12. The average molecular weight is 290 g/mol. The first-order valence-corrected chi connectivity index (χ1v) is 6.39. The second kappa shape index (κ2) is 6.17. The Morgan fingerprint density at radius 1 is 1.29 bits per heavy atom. The molecule has 2 N–H and O–H groups in total. The number of amides is 3. The second-order valence-electron chi connectivity index (χ2n) is 4.57. The normalized spacial score (nSPS) is 17.9. The van der Waals surface area contributed by atoms with Crippen LogP contribution in [-0.2, 0) is 14.4 Å². The van der Waals surface area contributed by atoms with Crippen molar-refractivity contribution < 1.29 is 23.9 Å². The Labute approximate surface area is 120 Å². The molecule has 1 aliphatic rings. The fourth-order valence-electron chi connectivity index (χ4n) is 1.97. The number of esters is 1. The van der Waals surface area contributed by atoms with Crippen LogP contribution >= 0.6 is 0 Å². The number of hydrogen-bond acceptors (Lipinski definition) is 5. The van der Waals surface area contributed by atoms with Crippen molar-refractivity contribution in [3.63, 3.8) is 0 Å². The number of nitrogens with one attached hydrogen (secondary N) is 2. The number of carbonyl (C=O) groups excluding carboxylic acids is 4. The van der Waals surface area contributed by atoms with Gasteiger partial charge in [0.05, 0.1) is 5.56 Å². The molecule has 0 spiro atoms. The average Bonchev–Trinajstić information content (AvgIpc) is 2.42. The van der Waals surface area contributed by atoms with Crippen molar-refractivity contribution in [2.45, 2.75) is 25.8 Å². The first kappa shape index (κ1) is 14.7. The molecule has 21 heavy (non-hydrogen) atoms. The quantitative estimate of drug-likeness (QED) is 0.468. The predicted octanol–water partition coefficient (Wildman–Crippen LogP) is 0.147. The molecule has 1 aliphatic heterocycles. The summed E-state index contributed by atoms with van der Waals surface area (Å²) in [6, 6.07) is 5.44. The summed E-state index contributed by atoms with van der Waals surface area (Å²) >= 11 is 0. The Hall–Kier alpha value is -2.70. The van der Waals surface area contributed by atoms with Crippen molar-refractivity contribution in [2.75, 3.05) is 0 Å². The van der Waals surface area contributed by atoms with Gasteiger partial charge >= 0.3 is 5.97 Å². The number of ether oxygens (including phenoxy) is 1. The largest absolute Gasteiger partial charge is 0.426 e. The van der Waals surface area contributed by atoms with Gasteiger partial charge in [-0.2, -0.15) is 0 Å². The highest BCUT2D eigenvalue weighted by Crippen LogP contribution is 2.18. The van der Waals surface area contributed by atoms with Crippen LogP contribution in [0.2, 0.25) is 0 Å². The Bertz CT molecular complexity index is 611. The van der Waals surface area contributed by atoms with E-state index in [1.165, 1.54) is 19.1 Å². The van der Waals surface area contributed by atoms with E-state index in [2.05, 4.69) is 10.6 Å². The van der Waals surface area contributed by atoms with E-state index in [1.807, 2.05) is 0 Å². The Kier molecular flexibility index (Phi) is 4.32. The van der Waals surface area contributed by atoms with E-state index < -0.39 is 23.8 Å². The van der Waals surface area contributed by atoms with Crippen LogP contribution in [-0.4, -0.2) is 29.7 Å². The molecule has 0 radical (unpaired) electrons. The van der Waals surface area contributed by atoms with Crippen molar-refractivity contribution in [1.29, 1.82) is 0 Å². The Morgan fingerprint density at radius 2 is 2.00 bits per heavy atom. The minimum absolute atomic E-state index is 0.120. The van der Waals surface area contributed by atoms with E-state index in [-0.39, 0.29) is 30.1 Å². The van der Waals surface area contributed by atoms with Crippen LogP contribution in [0.5, 0.6) is 5.75 Å². The fourth-order valence-corrected chi connectivity index (χ4v) is 1.97. The molecule has 1 aromatic rings. The van der Waals surface area contributed by atoms with E-state index >= 15 is 0 Å². The Morgan fingerprint density at radius 3 is 2.67 bits per heavy atom. The lowest BCUT2D eigenvalue weighted by molar-refractivity contribution is -0.135. The van der Waals surface area contributed by atoms with Gasteiger partial charge in [0, 0.05) is 13.3 Å². The summed E-state index contributed by atoms with van der Waals surface area (Å²) < 4.78 is 4.95. The maximum atomic E-state index is 12.2. The molecule has 1 heterocycles. The molecule has 0 aromatic heterocycles. The molecule has 3 amide bonds. The lowest BCUT2D eigenvalue weighted by Crippen LogP contribution is -2.52. The van der Waals surface area contributed by atoms with Gasteiger partial charge in [-0.15, -0.1) is 0 Å². The molecular formula is C14H14N2O5. The highest BCUT2D eigenvalue weighted by atomic mass is 16.5. The molecule has 1 atom stereocenters. The summed E-state index contributed by atoms with van der Waals surface area (Å²) in [5, 5.41) is 4.68. The molecule has 7 heteroatoms. The van der Waals surface area contributed by atoms with Crippen LogP contribution in [0.1, 0.15) is 30.1 Å². The van der Waals surface area contributed by atoms with Gasteiger partial charge in [0.25, 0.3) is 5.91 Å². The minimum atomic E-state index is -0.777.